The largest absolute Gasteiger partial charge is 0.343 e. The summed E-state index contributed by atoms with van der Waals surface area (Å²) < 4.78 is 30.3. The van der Waals surface area contributed by atoms with Crippen LogP contribution in [0.25, 0.3) is 10.2 Å². The molecule has 1 fully saturated rings. The monoisotopic (exact) mass is 487 g/mol. The molecule has 2 aromatic carbocycles. The number of carbonyl (C=O) groups is 2. The molecule has 4 rings (SSSR count). The first-order valence-electron chi connectivity index (χ1n) is 10.8. The maximum absolute atomic E-state index is 12.9. The Bertz CT molecular complexity index is 1370. The Morgan fingerprint density at radius 3 is 2.55 bits per heavy atom. The first-order chi connectivity index (χ1) is 15.7. The van der Waals surface area contributed by atoms with Gasteiger partial charge in [0.25, 0.3) is 10.0 Å². The van der Waals surface area contributed by atoms with E-state index in [0.717, 1.165) is 43.7 Å². The van der Waals surface area contributed by atoms with Crippen LogP contribution in [0.2, 0.25) is 0 Å². The van der Waals surface area contributed by atoms with Crippen molar-refractivity contribution in [2.45, 2.75) is 44.0 Å². The van der Waals surface area contributed by atoms with Gasteiger partial charge in [0.2, 0.25) is 5.91 Å². The number of anilines is 1. The van der Waals surface area contributed by atoms with Crippen LogP contribution < -0.4 is 9.60 Å². The third-order valence-electron chi connectivity index (χ3n) is 5.73. The highest BCUT2D eigenvalue weighted by Crippen LogP contribution is 2.24. The Morgan fingerprint density at radius 1 is 1.06 bits per heavy atom. The Labute approximate surface area is 195 Å². The lowest BCUT2D eigenvalue weighted by molar-refractivity contribution is -0.132. The van der Waals surface area contributed by atoms with Gasteiger partial charge in [0.1, 0.15) is 0 Å². The highest BCUT2D eigenvalue weighted by atomic mass is 32.2. The van der Waals surface area contributed by atoms with Gasteiger partial charge < -0.3 is 4.90 Å². The molecule has 0 spiro atoms. The molecule has 0 unspecified atom stereocenters. The van der Waals surface area contributed by atoms with Crippen LogP contribution >= 0.6 is 11.3 Å². The maximum atomic E-state index is 12.9. The van der Waals surface area contributed by atoms with Gasteiger partial charge in [-0.2, -0.15) is 0 Å². The van der Waals surface area contributed by atoms with Gasteiger partial charge in [0, 0.05) is 37.3 Å². The van der Waals surface area contributed by atoms with Gasteiger partial charge in [0.15, 0.2) is 5.78 Å². The zero-order valence-electron chi connectivity index (χ0n) is 18.2. The maximum Gasteiger partial charge on any atom is 0.308 e. The molecule has 2 heterocycles. The summed E-state index contributed by atoms with van der Waals surface area (Å²) in [4.78, 5) is 38.2. The number of aryl methyl sites for hydroxylation is 1. The second kappa shape index (κ2) is 9.48. The number of aromatic nitrogens is 1. The number of Topliss-reactive ketones (excluding diaryl/α,β-unsaturated/α-hetero) is 1. The molecule has 1 amide bonds. The van der Waals surface area contributed by atoms with Crippen molar-refractivity contribution in [2.24, 2.45) is 0 Å². The molecule has 1 saturated heterocycles. The molecule has 8 nitrogen and oxygen atoms in total. The van der Waals surface area contributed by atoms with Crippen LogP contribution in [0.5, 0.6) is 0 Å². The number of hydrogen-bond donors (Lipinski definition) is 1. The number of nitrogens with zero attached hydrogens (tertiary/aromatic N) is 2. The number of fused-ring (bicyclic) bond motifs is 1. The van der Waals surface area contributed by atoms with Crippen LogP contribution in [0.3, 0.4) is 0 Å². The molecule has 33 heavy (non-hydrogen) atoms. The van der Waals surface area contributed by atoms with E-state index < -0.39 is 10.0 Å². The van der Waals surface area contributed by atoms with Gasteiger partial charge in [-0.25, -0.2) is 8.42 Å². The Kier molecular flexibility index (Phi) is 6.66. The molecule has 1 aliphatic rings. The molecular formula is C23H25N3O5S2. The van der Waals surface area contributed by atoms with Gasteiger partial charge in [0.05, 0.1) is 15.1 Å². The lowest BCUT2D eigenvalue weighted by atomic mass is 10.1. The average molecular weight is 488 g/mol. The summed E-state index contributed by atoms with van der Waals surface area (Å²) >= 11 is 0.955. The molecule has 1 N–H and O–H groups in total. The Hall–Kier alpha value is -2.98. The Morgan fingerprint density at radius 2 is 1.82 bits per heavy atom. The number of ketones is 1. The molecule has 0 aliphatic carbocycles. The molecule has 1 aliphatic heterocycles. The number of piperidine rings is 1. The van der Waals surface area contributed by atoms with Gasteiger partial charge in [-0.3, -0.25) is 23.7 Å². The predicted molar refractivity (Wildman–Crippen MR) is 128 cm³/mol. The third-order valence-corrected chi connectivity index (χ3v) is 8.05. The van der Waals surface area contributed by atoms with Crippen molar-refractivity contribution in [3.8, 4) is 0 Å². The number of carbonyl (C=O) groups excluding carboxylic acids is 2. The zero-order chi connectivity index (χ0) is 23.6. The minimum absolute atomic E-state index is 0.0148. The molecule has 0 saturated carbocycles. The van der Waals surface area contributed by atoms with Crippen molar-refractivity contribution in [2.75, 3.05) is 17.8 Å². The van der Waals surface area contributed by atoms with Crippen LogP contribution in [-0.2, 0) is 21.4 Å². The second-order valence-corrected chi connectivity index (χ2v) is 10.8. The van der Waals surface area contributed by atoms with Crippen LogP contribution in [0.4, 0.5) is 5.69 Å². The standard InChI is InChI=1S/C23H25N3O5S2/c1-16(27)17-6-5-7-18(14-17)24-33(30,31)19-8-9-20-21(15-19)32-23(29)26(20)13-10-22(28)25-11-3-2-4-12-25/h5-9,14-15,24H,2-4,10-13H2,1H3. The summed E-state index contributed by atoms with van der Waals surface area (Å²) in [5, 5.41) is 0. The lowest BCUT2D eigenvalue weighted by Gasteiger charge is -2.26. The van der Waals surface area contributed by atoms with Crippen LogP contribution in [0.15, 0.2) is 52.2 Å². The van der Waals surface area contributed by atoms with Crippen molar-refractivity contribution in [3.05, 3.63) is 57.7 Å². The van der Waals surface area contributed by atoms with Gasteiger partial charge in [-0.15, -0.1) is 0 Å². The summed E-state index contributed by atoms with van der Waals surface area (Å²) in [5.41, 5.74) is 1.29. The van der Waals surface area contributed by atoms with E-state index in [1.54, 1.807) is 24.3 Å². The van der Waals surface area contributed by atoms with Crippen LogP contribution in [-0.4, -0.2) is 42.7 Å². The second-order valence-electron chi connectivity index (χ2n) is 8.08. The van der Waals surface area contributed by atoms with E-state index in [1.807, 2.05) is 4.90 Å². The summed E-state index contributed by atoms with van der Waals surface area (Å²) in [6.45, 7) is 3.20. The van der Waals surface area contributed by atoms with Gasteiger partial charge in [-0.1, -0.05) is 23.5 Å². The van der Waals surface area contributed by atoms with Gasteiger partial charge >= 0.3 is 4.87 Å². The van der Waals surface area contributed by atoms with Gasteiger partial charge in [-0.05, 0) is 56.5 Å². The summed E-state index contributed by atoms with van der Waals surface area (Å²) in [6.07, 6.45) is 3.40. The van der Waals surface area contributed by atoms with E-state index in [-0.39, 0.29) is 40.1 Å². The number of sulfonamides is 1. The normalized spacial score (nSPS) is 14.4. The van der Waals surface area contributed by atoms with E-state index in [0.29, 0.717) is 15.8 Å². The Balaban J connectivity index is 1.53. The SMILES string of the molecule is CC(=O)c1cccc(NS(=O)(=O)c2ccc3c(c2)sc(=O)n3CCC(=O)N2CCCCC2)c1. The fraction of sp³-hybridized carbons (Fsp3) is 0.348. The van der Waals surface area contributed by atoms with E-state index in [2.05, 4.69) is 4.72 Å². The fourth-order valence-electron chi connectivity index (χ4n) is 3.95. The van der Waals surface area contributed by atoms with Crippen molar-refractivity contribution in [1.82, 2.24) is 9.47 Å². The molecule has 174 valence electrons. The first-order valence-corrected chi connectivity index (χ1v) is 13.1. The topological polar surface area (TPSA) is 106 Å². The van der Waals surface area contributed by atoms with Crippen LogP contribution in [0, 0.1) is 0 Å². The number of likely N-dealkylation sites (tertiary alicyclic amines) is 1. The molecule has 0 atom stereocenters. The van der Waals surface area contributed by atoms with E-state index in [9.17, 15) is 22.8 Å². The highest BCUT2D eigenvalue weighted by molar-refractivity contribution is 7.92. The number of nitrogens with one attached hydrogen (secondary N) is 1. The smallest absolute Gasteiger partial charge is 0.308 e. The van der Waals surface area contributed by atoms with Crippen molar-refractivity contribution < 1.29 is 18.0 Å². The number of benzene rings is 2. The average Bonchev–Trinajstić information content (AvgIpc) is 3.12. The van der Waals surface area contributed by atoms with E-state index in [1.165, 1.54) is 29.7 Å². The summed E-state index contributed by atoms with van der Waals surface area (Å²) in [6, 6.07) is 10.8. The summed E-state index contributed by atoms with van der Waals surface area (Å²) in [5.74, 6) is -0.125. The quantitative estimate of drug-likeness (QED) is 0.514. The highest BCUT2D eigenvalue weighted by Gasteiger charge is 2.20. The lowest BCUT2D eigenvalue weighted by Crippen LogP contribution is -2.36. The number of rotatable bonds is 7. The first kappa shape index (κ1) is 23.2. The number of amides is 1. The van der Waals surface area contributed by atoms with Crippen LogP contribution in [0.1, 0.15) is 43.0 Å². The molecule has 1 aromatic heterocycles. The molecule has 3 aromatic rings. The summed E-state index contributed by atoms with van der Waals surface area (Å²) in [7, 11) is -3.92. The van der Waals surface area contributed by atoms with Crippen molar-refractivity contribution in [1.29, 1.82) is 0 Å². The zero-order valence-corrected chi connectivity index (χ0v) is 19.9. The molecule has 0 radical (unpaired) electrons. The third kappa shape index (κ3) is 5.17. The minimum atomic E-state index is -3.92. The number of hydrogen-bond acceptors (Lipinski definition) is 6. The fourth-order valence-corrected chi connectivity index (χ4v) is 6.06. The number of thiazole rings is 1. The predicted octanol–water partition coefficient (Wildman–Crippen LogP) is 3.47. The van der Waals surface area contributed by atoms with Crippen molar-refractivity contribution in [3.63, 3.8) is 0 Å². The van der Waals surface area contributed by atoms with E-state index in [4.69, 9.17) is 0 Å². The van der Waals surface area contributed by atoms with Crippen molar-refractivity contribution >= 4 is 49.0 Å². The molecular weight excluding hydrogens is 462 g/mol. The molecule has 10 heteroatoms. The molecule has 0 bridgehead atoms. The van der Waals surface area contributed by atoms with E-state index >= 15 is 0 Å². The minimum Gasteiger partial charge on any atom is -0.343 e.